The monoisotopic (exact) mass is 410 g/mol. The summed E-state index contributed by atoms with van der Waals surface area (Å²) in [5.41, 5.74) is 3.63. The lowest BCUT2D eigenvalue weighted by atomic mass is 9.93. The smallest absolute Gasteiger partial charge is 0.150 e. The van der Waals surface area contributed by atoms with E-state index in [1.54, 1.807) is 0 Å². The van der Waals surface area contributed by atoms with Crippen LogP contribution in [0.3, 0.4) is 0 Å². The number of fused-ring (bicyclic) bond motifs is 1. The number of carbonyl (C=O) groups excluding carboxylic acids is 1. The molecule has 4 rings (SSSR count). The first-order valence-electron chi connectivity index (χ1n) is 10.4. The second-order valence-corrected chi connectivity index (χ2v) is 8.10. The summed E-state index contributed by atoms with van der Waals surface area (Å²) in [4.78, 5) is 14.3. The second kappa shape index (κ2) is 9.47. The molecule has 0 aliphatic carbocycles. The molecule has 0 saturated carbocycles. The fourth-order valence-corrected chi connectivity index (χ4v) is 4.32. The van der Waals surface area contributed by atoms with Crippen LogP contribution in [-0.4, -0.2) is 37.4 Å². The van der Waals surface area contributed by atoms with E-state index in [-0.39, 0.29) is 0 Å². The molecule has 1 fully saturated rings. The number of ether oxygens (including phenoxy) is 1. The summed E-state index contributed by atoms with van der Waals surface area (Å²) >= 11 is 6.30. The number of hydrogen-bond acceptors (Lipinski definition) is 4. The highest BCUT2D eigenvalue weighted by atomic mass is 35.5. The number of nitrogens with zero attached hydrogens (tertiary/aromatic N) is 1. The molecule has 152 valence electrons. The number of halogens is 1. The van der Waals surface area contributed by atoms with Gasteiger partial charge in [-0.25, -0.2) is 0 Å². The van der Waals surface area contributed by atoms with Crippen molar-refractivity contribution in [1.29, 1.82) is 0 Å². The molecule has 0 amide bonds. The van der Waals surface area contributed by atoms with Gasteiger partial charge in [-0.05, 0) is 50.0 Å². The molecular weight excluding hydrogens is 384 g/mol. The van der Waals surface area contributed by atoms with E-state index in [4.69, 9.17) is 16.3 Å². The third-order valence-electron chi connectivity index (χ3n) is 5.63. The molecule has 2 aromatic carbocycles. The van der Waals surface area contributed by atoms with Gasteiger partial charge in [0, 0.05) is 22.7 Å². The summed E-state index contributed by atoms with van der Waals surface area (Å²) in [6.07, 6.45) is 5.85. The van der Waals surface area contributed by atoms with Gasteiger partial charge in [-0.1, -0.05) is 54.4 Å². The molecule has 0 aromatic heterocycles. The first kappa shape index (κ1) is 20.0. The average molecular weight is 411 g/mol. The summed E-state index contributed by atoms with van der Waals surface area (Å²) in [7, 11) is 0. The lowest BCUT2D eigenvalue weighted by Crippen LogP contribution is -2.31. The summed E-state index contributed by atoms with van der Waals surface area (Å²) in [6.45, 7) is 4.07. The maximum atomic E-state index is 11.8. The van der Waals surface area contributed by atoms with Gasteiger partial charge in [0.15, 0.2) is 5.76 Å². The van der Waals surface area contributed by atoms with E-state index in [9.17, 15) is 4.79 Å². The van der Waals surface area contributed by atoms with Crippen LogP contribution in [0, 0.1) is 0 Å². The van der Waals surface area contributed by atoms with Crippen molar-refractivity contribution in [1.82, 2.24) is 10.2 Å². The Bertz CT molecular complexity index is 876. The van der Waals surface area contributed by atoms with E-state index in [1.807, 2.05) is 48.5 Å². The highest BCUT2D eigenvalue weighted by Gasteiger charge is 2.28. The quantitative estimate of drug-likeness (QED) is 0.520. The third kappa shape index (κ3) is 4.65. The standard InChI is InChI=1S/C24H27ClN2O2/c25-19-10-11-20-21(16-19)24(29-15-7-14-27-12-5-2-6-13-27)23(26-22(20)17-28)18-8-3-1-4-9-18/h1,3-4,8-11,16-17,22,26H,2,5-7,12-15H2. The molecule has 1 N–H and O–H groups in total. The van der Waals surface area contributed by atoms with Gasteiger partial charge in [0.25, 0.3) is 0 Å². The number of aldehydes is 1. The van der Waals surface area contributed by atoms with E-state index in [1.165, 1.54) is 32.4 Å². The molecule has 0 spiro atoms. The Balaban J connectivity index is 1.59. The van der Waals surface area contributed by atoms with Crippen LogP contribution in [0.15, 0.2) is 48.5 Å². The van der Waals surface area contributed by atoms with Crippen molar-refractivity contribution >= 4 is 29.3 Å². The topological polar surface area (TPSA) is 41.6 Å². The predicted octanol–water partition coefficient (Wildman–Crippen LogP) is 4.90. The Morgan fingerprint density at radius 1 is 1.10 bits per heavy atom. The van der Waals surface area contributed by atoms with E-state index >= 15 is 0 Å². The van der Waals surface area contributed by atoms with Crippen LogP contribution >= 0.6 is 11.6 Å². The summed E-state index contributed by atoms with van der Waals surface area (Å²) in [5, 5.41) is 4.00. The molecule has 2 aliphatic rings. The van der Waals surface area contributed by atoms with Crippen LogP contribution in [0.5, 0.6) is 0 Å². The van der Waals surface area contributed by atoms with Gasteiger partial charge in [0.1, 0.15) is 12.3 Å². The normalized spacial score (nSPS) is 19.4. The van der Waals surface area contributed by atoms with Gasteiger partial charge >= 0.3 is 0 Å². The predicted molar refractivity (Wildman–Crippen MR) is 118 cm³/mol. The SMILES string of the molecule is O=CC1NC(c2ccccc2)=C(OCCCN2CCCCC2)c2cc(Cl)ccc21. The van der Waals surface area contributed by atoms with Gasteiger partial charge in [-0.3, -0.25) is 0 Å². The minimum atomic E-state index is -0.418. The van der Waals surface area contributed by atoms with Crippen LogP contribution in [-0.2, 0) is 9.53 Å². The fraction of sp³-hybridized carbons (Fsp3) is 0.375. The first-order chi connectivity index (χ1) is 14.3. The maximum absolute atomic E-state index is 11.8. The molecule has 29 heavy (non-hydrogen) atoms. The summed E-state index contributed by atoms with van der Waals surface area (Å²) in [5.74, 6) is 0.769. The van der Waals surface area contributed by atoms with Gasteiger partial charge < -0.3 is 19.7 Å². The molecule has 2 heterocycles. The van der Waals surface area contributed by atoms with E-state index in [0.717, 1.165) is 47.4 Å². The van der Waals surface area contributed by atoms with Crippen molar-refractivity contribution in [2.45, 2.75) is 31.7 Å². The largest absolute Gasteiger partial charge is 0.491 e. The van der Waals surface area contributed by atoms with Crippen molar-refractivity contribution in [3.05, 3.63) is 70.2 Å². The minimum Gasteiger partial charge on any atom is -0.491 e. The van der Waals surface area contributed by atoms with E-state index in [2.05, 4.69) is 10.2 Å². The Labute approximate surface area is 177 Å². The van der Waals surface area contributed by atoms with Gasteiger partial charge in [-0.15, -0.1) is 0 Å². The van der Waals surface area contributed by atoms with Crippen LogP contribution < -0.4 is 5.32 Å². The van der Waals surface area contributed by atoms with Crippen molar-refractivity contribution in [3.8, 4) is 0 Å². The zero-order valence-corrected chi connectivity index (χ0v) is 17.3. The fourth-order valence-electron chi connectivity index (χ4n) is 4.15. The van der Waals surface area contributed by atoms with Crippen LogP contribution in [0.4, 0.5) is 0 Å². The highest BCUT2D eigenvalue weighted by molar-refractivity contribution is 6.30. The molecule has 2 aromatic rings. The number of nitrogens with one attached hydrogen (secondary N) is 1. The van der Waals surface area contributed by atoms with Crippen LogP contribution in [0.25, 0.3) is 11.5 Å². The number of piperidine rings is 1. The number of benzene rings is 2. The van der Waals surface area contributed by atoms with Gasteiger partial charge in [0.05, 0.1) is 12.3 Å². The highest BCUT2D eigenvalue weighted by Crippen LogP contribution is 2.37. The van der Waals surface area contributed by atoms with Crippen LogP contribution in [0.2, 0.25) is 5.02 Å². The average Bonchev–Trinajstić information content (AvgIpc) is 2.77. The van der Waals surface area contributed by atoms with Crippen molar-refractivity contribution in [2.24, 2.45) is 0 Å². The lowest BCUT2D eigenvalue weighted by Gasteiger charge is -2.30. The molecule has 1 atom stereocenters. The summed E-state index contributed by atoms with van der Waals surface area (Å²) in [6, 6.07) is 15.2. The second-order valence-electron chi connectivity index (χ2n) is 7.66. The van der Waals surface area contributed by atoms with E-state index in [0.29, 0.717) is 11.6 Å². The Hall–Kier alpha value is -2.30. The third-order valence-corrected chi connectivity index (χ3v) is 5.87. The number of likely N-dealkylation sites (tertiary alicyclic amines) is 1. The molecule has 4 nitrogen and oxygen atoms in total. The number of carbonyl (C=O) groups is 1. The first-order valence-corrected chi connectivity index (χ1v) is 10.8. The molecule has 0 bridgehead atoms. The van der Waals surface area contributed by atoms with E-state index < -0.39 is 6.04 Å². The molecule has 0 radical (unpaired) electrons. The van der Waals surface area contributed by atoms with Gasteiger partial charge in [-0.2, -0.15) is 0 Å². The minimum absolute atomic E-state index is 0.418. The van der Waals surface area contributed by atoms with Crippen molar-refractivity contribution in [3.63, 3.8) is 0 Å². The Kier molecular flexibility index (Phi) is 6.53. The lowest BCUT2D eigenvalue weighted by molar-refractivity contribution is -0.109. The Morgan fingerprint density at radius 2 is 1.90 bits per heavy atom. The molecule has 5 heteroatoms. The van der Waals surface area contributed by atoms with Crippen LogP contribution in [0.1, 0.15) is 48.4 Å². The molecule has 1 unspecified atom stereocenters. The molecular formula is C24H27ClN2O2. The van der Waals surface area contributed by atoms with Crippen molar-refractivity contribution < 1.29 is 9.53 Å². The van der Waals surface area contributed by atoms with Gasteiger partial charge in [0.2, 0.25) is 0 Å². The Morgan fingerprint density at radius 3 is 2.66 bits per heavy atom. The molecule has 2 aliphatic heterocycles. The summed E-state index contributed by atoms with van der Waals surface area (Å²) < 4.78 is 6.33. The zero-order chi connectivity index (χ0) is 20.1. The zero-order valence-electron chi connectivity index (χ0n) is 16.6. The molecule has 1 saturated heterocycles. The van der Waals surface area contributed by atoms with Crippen molar-refractivity contribution in [2.75, 3.05) is 26.2 Å². The number of rotatable bonds is 7. The maximum Gasteiger partial charge on any atom is 0.150 e. The number of hydrogen-bond donors (Lipinski definition) is 1.